The van der Waals surface area contributed by atoms with Gasteiger partial charge in [-0.25, -0.2) is 14.2 Å². The minimum absolute atomic E-state index is 0.0000642. The minimum atomic E-state index is -0.859. The lowest BCUT2D eigenvalue weighted by molar-refractivity contribution is -0.119. The van der Waals surface area contributed by atoms with Gasteiger partial charge in [-0.2, -0.15) is 4.98 Å². The van der Waals surface area contributed by atoms with Crippen molar-refractivity contribution in [2.45, 2.75) is 33.0 Å². The Morgan fingerprint density at radius 2 is 1.82 bits per heavy atom. The van der Waals surface area contributed by atoms with Crippen molar-refractivity contribution in [2.75, 3.05) is 11.6 Å². The summed E-state index contributed by atoms with van der Waals surface area (Å²) in [5.41, 5.74) is -0.314. The van der Waals surface area contributed by atoms with Crippen LogP contribution in [0, 0.1) is 0 Å². The second kappa shape index (κ2) is 11.5. The summed E-state index contributed by atoms with van der Waals surface area (Å²) in [7, 11) is 0. The van der Waals surface area contributed by atoms with E-state index in [1.54, 1.807) is 48.7 Å². The zero-order valence-corrected chi connectivity index (χ0v) is 21.0. The van der Waals surface area contributed by atoms with Crippen LogP contribution in [0.3, 0.4) is 0 Å². The largest absolute Gasteiger partial charge is 0.489 e. The third-order valence-electron chi connectivity index (χ3n) is 4.47. The van der Waals surface area contributed by atoms with E-state index >= 15 is 0 Å². The number of carbonyl (C=O) groups excluding carboxylic acids is 1. The lowest BCUT2D eigenvalue weighted by atomic mass is 10.2. The monoisotopic (exact) mass is 523 g/mol. The van der Waals surface area contributed by atoms with Crippen molar-refractivity contribution in [1.29, 1.82) is 0 Å². The van der Waals surface area contributed by atoms with Gasteiger partial charge in [-0.05, 0) is 49.7 Å². The SMILES string of the molecule is CSNC(=O)Cn1c(=O)nc(Nc2ccc(OC(C)C)c(Cl)c2)n(Cc2ccc(Cl)cc2)c1=O. The van der Waals surface area contributed by atoms with Crippen LogP contribution in [-0.2, 0) is 17.9 Å². The molecule has 2 N–H and O–H groups in total. The molecule has 34 heavy (non-hydrogen) atoms. The highest BCUT2D eigenvalue weighted by Gasteiger charge is 2.17. The maximum atomic E-state index is 13.2. The molecule has 9 nitrogen and oxygen atoms in total. The summed E-state index contributed by atoms with van der Waals surface area (Å²) in [5, 5.41) is 3.88. The van der Waals surface area contributed by atoms with Crippen LogP contribution in [0.5, 0.6) is 5.75 Å². The van der Waals surface area contributed by atoms with Gasteiger partial charge >= 0.3 is 11.4 Å². The molecule has 180 valence electrons. The lowest BCUT2D eigenvalue weighted by Gasteiger charge is -2.17. The molecule has 0 radical (unpaired) electrons. The molecule has 12 heteroatoms. The molecule has 1 aromatic heterocycles. The van der Waals surface area contributed by atoms with Gasteiger partial charge in [0, 0.05) is 17.0 Å². The van der Waals surface area contributed by atoms with Crippen molar-refractivity contribution in [3.8, 4) is 5.75 Å². The van der Waals surface area contributed by atoms with E-state index in [0.29, 0.717) is 21.5 Å². The molecule has 2 aromatic carbocycles. The summed E-state index contributed by atoms with van der Waals surface area (Å²) in [6.45, 7) is 3.39. The van der Waals surface area contributed by atoms with E-state index in [2.05, 4.69) is 15.0 Å². The number of halogens is 2. The Kier molecular flexibility index (Phi) is 8.65. The number of anilines is 2. The maximum absolute atomic E-state index is 13.2. The van der Waals surface area contributed by atoms with E-state index in [1.807, 2.05) is 13.8 Å². The van der Waals surface area contributed by atoms with Crippen LogP contribution in [0.2, 0.25) is 10.0 Å². The average molecular weight is 524 g/mol. The molecule has 0 aliphatic heterocycles. The number of benzene rings is 2. The van der Waals surface area contributed by atoms with E-state index in [9.17, 15) is 14.4 Å². The first-order chi connectivity index (χ1) is 16.2. The molecule has 3 aromatic rings. The molecule has 0 bridgehead atoms. The molecule has 0 unspecified atom stereocenters. The molecular formula is C22H23Cl2N5O4S. The minimum Gasteiger partial charge on any atom is -0.489 e. The van der Waals surface area contributed by atoms with Gasteiger partial charge in [-0.15, -0.1) is 0 Å². The average Bonchev–Trinajstić information content (AvgIpc) is 2.77. The molecule has 0 atom stereocenters. The van der Waals surface area contributed by atoms with Gasteiger partial charge in [-0.1, -0.05) is 47.3 Å². The highest BCUT2D eigenvalue weighted by molar-refractivity contribution is 7.97. The van der Waals surface area contributed by atoms with Crippen molar-refractivity contribution < 1.29 is 9.53 Å². The topological polar surface area (TPSA) is 107 Å². The number of hydrogen-bond donors (Lipinski definition) is 2. The van der Waals surface area contributed by atoms with Crippen molar-refractivity contribution >= 4 is 52.7 Å². The van der Waals surface area contributed by atoms with Crippen molar-refractivity contribution in [3.63, 3.8) is 0 Å². The van der Waals surface area contributed by atoms with Crippen molar-refractivity contribution in [2.24, 2.45) is 0 Å². The van der Waals surface area contributed by atoms with Crippen molar-refractivity contribution in [1.82, 2.24) is 18.8 Å². The second-order valence-corrected chi connectivity index (χ2v) is 8.92. The summed E-state index contributed by atoms with van der Waals surface area (Å²) in [5.74, 6) is 0.00352. The van der Waals surface area contributed by atoms with Gasteiger partial charge < -0.3 is 10.1 Å². The normalized spacial score (nSPS) is 10.9. The third-order valence-corrected chi connectivity index (χ3v) is 5.45. The molecule has 0 saturated carbocycles. The van der Waals surface area contributed by atoms with Crippen LogP contribution < -0.4 is 26.2 Å². The Hall–Kier alpha value is -2.95. The third kappa shape index (κ3) is 6.55. The summed E-state index contributed by atoms with van der Waals surface area (Å²) in [4.78, 5) is 41.9. The van der Waals surface area contributed by atoms with E-state index < -0.39 is 23.8 Å². The zero-order chi connectivity index (χ0) is 24.8. The zero-order valence-electron chi connectivity index (χ0n) is 18.7. The van der Waals surface area contributed by atoms with E-state index in [-0.39, 0.29) is 18.6 Å². The fraction of sp³-hybridized carbons (Fsp3) is 0.273. The first-order valence-corrected chi connectivity index (χ1v) is 12.2. The molecule has 1 heterocycles. The van der Waals surface area contributed by atoms with E-state index in [4.69, 9.17) is 27.9 Å². The number of hydrogen-bond acceptors (Lipinski definition) is 7. The molecule has 0 aliphatic carbocycles. The van der Waals surface area contributed by atoms with Crippen LogP contribution in [0.15, 0.2) is 52.1 Å². The standard InChI is InChI=1S/C22H23Cl2N5O4S/c1-13(2)33-18-9-8-16(10-17(18)24)25-20-26-21(31)29(12-19(30)27-34-3)22(32)28(20)11-14-4-6-15(23)7-5-14/h4-10,13H,11-12H2,1-3H3,(H,27,30)(H,25,26,31). The van der Waals surface area contributed by atoms with Crippen LogP contribution in [-0.4, -0.2) is 32.4 Å². The summed E-state index contributed by atoms with van der Waals surface area (Å²) in [6, 6.07) is 11.9. The van der Waals surface area contributed by atoms with Gasteiger partial charge in [0.2, 0.25) is 11.9 Å². The van der Waals surface area contributed by atoms with Crippen LogP contribution in [0.4, 0.5) is 11.6 Å². The van der Waals surface area contributed by atoms with E-state index in [0.717, 1.165) is 22.1 Å². The number of nitrogens with one attached hydrogen (secondary N) is 2. The van der Waals surface area contributed by atoms with E-state index in [1.165, 1.54) is 4.57 Å². The fourth-order valence-electron chi connectivity index (χ4n) is 3.02. The summed E-state index contributed by atoms with van der Waals surface area (Å²) in [6.07, 6.45) is 1.60. The van der Waals surface area contributed by atoms with Crippen LogP contribution >= 0.6 is 35.1 Å². The van der Waals surface area contributed by atoms with Gasteiger partial charge in [0.25, 0.3) is 0 Å². The number of carbonyl (C=O) groups is 1. The smallest absolute Gasteiger partial charge is 0.355 e. The molecule has 0 spiro atoms. The van der Waals surface area contributed by atoms with Crippen molar-refractivity contribution in [3.05, 3.63) is 79.0 Å². The number of nitrogens with zero attached hydrogens (tertiary/aromatic N) is 3. The van der Waals surface area contributed by atoms with Crippen LogP contribution in [0.1, 0.15) is 19.4 Å². The van der Waals surface area contributed by atoms with Crippen LogP contribution in [0.25, 0.3) is 0 Å². The molecular weight excluding hydrogens is 501 g/mol. The predicted octanol–water partition coefficient (Wildman–Crippen LogP) is 3.69. The molecule has 1 amide bonds. The first-order valence-electron chi connectivity index (χ1n) is 10.2. The maximum Gasteiger partial charge on any atom is 0.355 e. The highest BCUT2D eigenvalue weighted by Crippen LogP contribution is 2.29. The Morgan fingerprint density at radius 3 is 2.44 bits per heavy atom. The van der Waals surface area contributed by atoms with Gasteiger partial charge in [0.05, 0.1) is 17.7 Å². The predicted molar refractivity (Wildman–Crippen MR) is 135 cm³/mol. The van der Waals surface area contributed by atoms with Gasteiger partial charge in [-0.3, -0.25) is 14.1 Å². The fourth-order valence-corrected chi connectivity index (χ4v) is 3.67. The molecule has 0 fully saturated rings. The van der Waals surface area contributed by atoms with Gasteiger partial charge in [0.1, 0.15) is 12.3 Å². The highest BCUT2D eigenvalue weighted by atomic mass is 35.5. The Morgan fingerprint density at radius 1 is 1.12 bits per heavy atom. The quantitative estimate of drug-likeness (QED) is 0.411. The number of rotatable bonds is 9. The molecule has 0 saturated heterocycles. The second-order valence-electron chi connectivity index (χ2n) is 7.47. The lowest BCUT2D eigenvalue weighted by Crippen LogP contribution is -2.45. The number of aromatic nitrogens is 3. The first kappa shape index (κ1) is 25.7. The Bertz CT molecular complexity index is 1290. The Labute approximate surface area is 210 Å². The van der Waals surface area contributed by atoms with Gasteiger partial charge in [0.15, 0.2) is 0 Å². The number of amides is 1. The summed E-state index contributed by atoms with van der Waals surface area (Å²) < 4.78 is 10.2. The summed E-state index contributed by atoms with van der Waals surface area (Å²) >= 11 is 13.4. The Balaban J connectivity index is 2.03. The molecule has 3 rings (SSSR count). The molecule has 0 aliphatic rings. The number of ether oxygens (including phenoxy) is 1.